The maximum Gasteiger partial charge on any atom is 0.242 e. The van der Waals surface area contributed by atoms with Gasteiger partial charge in [0.1, 0.15) is 12.3 Å². The van der Waals surface area contributed by atoms with Crippen LogP contribution in [0.1, 0.15) is 40.5 Å². The van der Waals surface area contributed by atoms with E-state index in [4.69, 9.17) is 0 Å². The molecule has 1 aromatic carbocycles. The predicted octanol–water partition coefficient (Wildman–Crippen LogP) is 2.68. The molecule has 1 aliphatic heterocycles. The lowest BCUT2D eigenvalue weighted by molar-refractivity contribution is -0.132. The van der Waals surface area contributed by atoms with Crippen molar-refractivity contribution in [2.45, 2.75) is 64.1 Å². The summed E-state index contributed by atoms with van der Waals surface area (Å²) in [4.78, 5) is 28.9. The Morgan fingerprint density at radius 3 is 2.23 bits per heavy atom. The summed E-state index contributed by atoms with van der Waals surface area (Å²) >= 11 is 0. The molecule has 8 heteroatoms. The molecular formula is C22H31N3O4S. The van der Waals surface area contributed by atoms with E-state index in [0.717, 1.165) is 25.9 Å². The first-order chi connectivity index (χ1) is 14.1. The highest BCUT2D eigenvalue weighted by atomic mass is 32.2. The van der Waals surface area contributed by atoms with E-state index < -0.39 is 21.5 Å². The summed E-state index contributed by atoms with van der Waals surface area (Å²) < 4.78 is 28.1. The number of carbonyl (C=O) groups is 2. The van der Waals surface area contributed by atoms with Crippen LogP contribution in [0.5, 0.6) is 0 Å². The molecule has 7 nitrogen and oxygen atoms in total. The second kappa shape index (κ2) is 8.79. The second-order valence-electron chi connectivity index (χ2n) is 8.47. The fraction of sp³-hybridized carbons (Fsp3) is 0.545. The zero-order valence-electron chi connectivity index (χ0n) is 18.2. The van der Waals surface area contributed by atoms with Gasteiger partial charge in [-0.05, 0) is 46.6 Å². The Kier molecular flexibility index (Phi) is 6.55. The number of amides is 2. The van der Waals surface area contributed by atoms with Crippen molar-refractivity contribution in [3.63, 3.8) is 0 Å². The van der Waals surface area contributed by atoms with E-state index in [0.29, 0.717) is 10.9 Å². The number of hydrogen-bond acceptors (Lipinski definition) is 4. The number of benzene rings is 1. The molecule has 2 heterocycles. The molecule has 164 valence electrons. The van der Waals surface area contributed by atoms with Gasteiger partial charge in [-0.3, -0.25) is 9.59 Å². The maximum atomic E-state index is 13.2. The molecule has 1 saturated heterocycles. The number of sulfone groups is 1. The van der Waals surface area contributed by atoms with Gasteiger partial charge in [-0.1, -0.05) is 18.2 Å². The van der Waals surface area contributed by atoms with Crippen molar-refractivity contribution in [1.82, 2.24) is 14.4 Å². The summed E-state index contributed by atoms with van der Waals surface area (Å²) in [5.74, 6) is -1.01. The third-order valence-corrected chi connectivity index (χ3v) is 7.19. The molecule has 0 radical (unpaired) electrons. The van der Waals surface area contributed by atoms with Gasteiger partial charge < -0.3 is 14.4 Å². The smallest absolute Gasteiger partial charge is 0.242 e. The van der Waals surface area contributed by atoms with E-state index in [9.17, 15) is 18.0 Å². The Balaban J connectivity index is 1.93. The minimum absolute atomic E-state index is 0.0148. The molecule has 1 aromatic heterocycles. The van der Waals surface area contributed by atoms with Crippen molar-refractivity contribution in [3.8, 4) is 0 Å². The molecule has 1 aliphatic rings. The van der Waals surface area contributed by atoms with Crippen LogP contribution in [0.15, 0.2) is 35.4 Å². The highest BCUT2D eigenvalue weighted by molar-refractivity contribution is 7.92. The van der Waals surface area contributed by atoms with E-state index in [1.807, 2.05) is 44.7 Å². The highest BCUT2D eigenvalue weighted by Gasteiger charge is 2.29. The van der Waals surface area contributed by atoms with E-state index in [-0.39, 0.29) is 29.4 Å². The van der Waals surface area contributed by atoms with E-state index in [2.05, 4.69) is 0 Å². The molecule has 30 heavy (non-hydrogen) atoms. The molecule has 3 rings (SSSR count). The van der Waals surface area contributed by atoms with Gasteiger partial charge in [0.2, 0.25) is 11.8 Å². The Labute approximate surface area is 178 Å². The standard InChI is InChI=1S/C22H31N3O4S/c1-16(2)25(17(3)4)22(27)15-30(28,29)20-13-24(19-10-6-5-9-18(19)20)14-21(26)23-11-7-8-12-23/h5-6,9-10,13,16-17H,7-8,11-12,14-15H2,1-4H3. The minimum atomic E-state index is -3.87. The predicted molar refractivity (Wildman–Crippen MR) is 117 cm³/mol. The van der Waals surface area contributed by atoms with Crippen molar-refractivity contribution >= 4 is 32.6 Å². The number of fused-ring (bicyclic) bond motifs is 1. The molecule has 2 aromatic rings. The second-order valence-corrected chi connectivity index (χ2v) is 10.4. The number of hydrogen-bond donors (Lipinski definition) is 0. The van der Waals surface area contributed by atoms with Gasteiger partial charge in [-0.15, -0.1) is 0 Å². The van der Waals surface area contributed by atoms with Crippen LogP contribution in [-0.2, 0) is 26.0 Å². The zero-order chi connectivity index (χ0) is 22.1. The summed E-state index contributed by atoms with van der Waals surface area (Å²) in [7, 11) is -3.87. The lowest BCUT2D eigenvalue weighted by Gasteiger charge is -2.30. The molecule has 0 unspecified atom stereocenters. The normalized spacial score (nSPS) is 14.8. The molecular weight excluding hydrogens is 402 g/mol. The lowest BCUT2D eigenvalue weighted by atomic mass is 10.2. The van der Waals surface area contributed by atoms with Crippen LogP contribution in [0.2, 0.25) is 0 Å². The summed E-state index contributed by atoms with van der Waals surface area (Å²) in [5, 5.41) is 0.542. The highest BCUT2D eigenvalue weighted by Crippen LogP contribution is 2.27. The van der Waals surface area contributed by atoms with Gasteiger partial charge in [0.05, 0.1) is 4.90 Å². The molecule has 0 bridgehead atoms. The molecule has 0 atom stereocenters. The van der Waals surface area contributed by atoms with Crippen LogP contribution in [0.25, 0.3) is 10.9 Å². The largest absolute Gasteiger partial charge is 0.341 e. The molecule has 2 amide bonds. The van der Waals surface area contributed by atoms with Crippen molar-refractivity contribution in [2.75, 3.05) is 18.8 Å². The third-order valence-electron chi connectivity index (χ3n) is 5.57. The number of nitrogens with zero attached hydrogens (tertiary/aromatic N) is 3. The van der Waals surface area contributed by atoms with E-state index in [1.54, 1.807) is 21.6 Å². The van der Waals surface area contributed by atoms with Gasteiger partial charge in [0.15, 0.2) is 9.84 Å². The number of likely N-dealkylation sites (tertiary alicyclic amines) is 1. The number of para-hydroxylation sites is 1. The van der Waals surface area contributed by atoms with Gasteiger partial charge in [0.25, 0.3) is 0 Å². The molecule has 0 spiro atoms. The molecule has 0 N–H and O–H groups in total. The summed E-state index contributed by atoms with van der Waals surface area (Å²) in [6.07, 6.45) is 3.51. The number of rotatable bonds is 7. The van der Waals surface area contributed by atoms with E-state index in [1.165, 1.54) is 6.20 Å². The quantitative estimate of drug-likeness (QED) is 0.672. The first-order valence-corrected chi connectivity index (χ1v) is 12.2. The van der Waals surface area contributed by atoms with Crippen molar-refractivity contribution in [2.24, 2.45) is 0 Å². The first kappa shape index (κ1) is 22.3. The maximum absolute atomic E-state index is 13.2. The molecule has 0 saturated carbocycles. The van der Waals surface area contributed by atoms with Crippen molar-refractivity contribution in [3.05, 3.63) is 30.5 Å². The monoisotopic (exact) mass is 433 g/mol. The van der Waals surface area contributed by atoms with Gasteiger partial charge in [0, 0.05) is 42.3 Å². The topological polar surface area (TPSA) is 79.7 Å². The van der Waals surface area contributed by atoms with Crippen LogP contribution in [0.3, 0.4) is 0 Å². The van der Waals surface area contributed by atoms with Gasteiger partial charge in [-0.2, -0.15) is 0 Å². The summed E-state index contributed by atoms with van der Waals surface area (Å²) in [6.45, 7) is 9.09. The van der Waals surface area contributed by atoms with Crippen molar-refractivity contribution < 1.29 is 18.0 Å². The Bertz CT molecular complexity index is 1030. The molecule has 1 fully saturated rings. The van der Waals surface area contributed by atoms with Crippen molar-refractivity contribution in [1.29, 1.82) is 0 Å². The van der Waals surface area contributed by atoms with Crippen LogP contribution in [-0.4, -0.2) is 65.5 Å². The number of carbonyl (C=O) groups excluding carboxylic acids is 2. The SMILES string of the molecule is CC(C)N(C(=O)CS(=O)(=O)c1cn(CC(=O)N2CCCC2)c2ccccc12)C(C)C. The minimum Gasteiger partial charge on any atom is -0.341 e. The lowest BCUT2D eigenvalue weighted by Crippen LogP contribution is -2.44. The first-order valence-electron chi connectivity index (χ1n) is 10.5. The fourth-order valence-corrected chi connectivity index (χ4v) is 5.72. The van der Waals surface area contributed by atoms with Crippen LogP contribution in [0.4, 0.5) is 0 Å². The molecule has 0 aliphatic carbocycles. The van der Waals surface area contributed by atoms with Crippen LogP contribution < -0.4 is 0 Å². The average molecular weight is 434 g/mol. The van der Waals surface area contributed by atoms with E-state index >= 15 is 0 Å². The van der Waals surface area contributed by atoms with Crippen LogP contribution >= 0.6 is 0 Å². The zero-order valence-corrected chi connectivity index (χ0v) is 19.0. The number of aromatic nitrogens is 1. The Morgan fingerprint density at radius 2 is 1.63 bits per heavy atom. The summed E-state index contributed by atoms with van der Waals surface area (Å²) in [5.41, 5.74) is 0.681. The third kappa shape index (κ3) is 4.53. The Hall–Kier alpha value is -2.35. The van der Waals surface area contributed by atoms with Gasteiger partial charge >= 0.3 is 0 Å². The Morgan fingerprint density at radius 1 is 1.03 bits per heavy atom. The van der Waals surface area contributed by atoms with Gasteiger partial charge in [-0.25, -0.2) is 8.42 Å². The fourth-order valence-electron chi connectivity index (χ4n) is 4.29. The van der Waals surface area contributed by atoms with Crippen LogP contribution in [0, 0.1) is 0 Å². The average Bonchev–Trinajstić information content (AvgIpc) is 3.29. The summed E-state index contributed by atoms with van der Waals surface area (Å²) in [6, 6.07) is 6.94.